The third kappa shape index (κ3) is 3.82. The van der Waals surface area contributed by atoms with Crippen LogP contribution in [0.5, 0.6) is 0 Å². The summed E-state index contributed by atoms with van der Waals surface area (Å²) < 4.78 is 0. The number of nitrogens with zero attached hydrogens (tertiary/aromatic N) is 2. The Morgan fingerprint density at radius 3 is 2.88 bits per heavy atom. The van der Waals surface area contributed by atoms with E-state index in [0.29, 0.717) is 23.8 Å². The lowest BCUT2D eigenvalue weighted by molar-refractivity contribution is -0.380. The van der Waals surface area contributed by atoms with E-state index in [9.17, 15) is 19.7 Å². The molecule has 0 aromatic carbocycles. The molecule has 2 saturated heterocycles. The summed E-state index contributed by atoms with van der Waals surface area (Å²) in [5.41, 5.74) is 0. The van der Waals surface area contributed by atoms with Crippen LogP contribution in [-0.4, -0.2) is 53.4 Å². The molecule has 3 rings (SSSR count). The number of nitro groups is 1. The molecule has 0 saturated carbocycles. The molecule has 2 N–H and O–H groups in total. The summed E-state index contributed by atoms with van der Waals surface area (Å²) >= 11 is 0.854. The normalized spacial score (nSPS) is 26.4. The summed E-state index contributed by atoms with van der Waals surface area (Å²) in [7, 11) is 0. The summed E-state index contributed by atoms with van der Waals surface area (Å²) in [6.07, 6.45) is 2.40. The highest BCUT2D eigenvalue weighted by Crippen LogP contribution is 2.28. The first-order valence-corrected chi connectivity index (χ1v) is 9.35. The number of likely N-dealkylation sites (tertiary alicyclic amines) is 1. The molecule has 136 valence electrons. The van der Waals surface area contributed by atoms with Gasteiger partial charge in [-0.1, -0.05) is 18.3 Å². The van der Waals surface area contributed by atoms with Crippen LogP contribution in [0.25, 0.3) is 0 Å². The van der Waals surface area contributed by atoms with Crippen molar-refractivity contribution in [1.82, 2.24) is 15.5 Å². The molecule has 3 unspecified atom stereocenters. The fourth-order valence-corrected chi connectivity index (χ4v) is 4.20. The van der Waals surface area contributed by atoms with Crippen LogP contribution in [0.15, 0.2) is 12.1 Å². The number of rotatable bonds is 4. The largest absolute Gasteiger partial charge is 0.350 e. The first-order valence-electron chi connectivity index (χ1n) is 8.53. The van der Waals surface area contributed by atoms with Crippen LogP contribution < -0.4 is 10.6 Å². The second-order valence-corrected chi connectivity index (χ2v) is 7.70. The van der Waals surface area contributed by atoms with Crippen molar-refractivity contribution in [2.24, 2.45) is 5.92 Å². The van der Waals surface area contributed by atoms with Crippen LogP contribution in [0.1, 0.15) is 35.9 Å². The number of piperidine rings is 1. The number of hydrogen-bond donors (Lipinski definition) is 2. The fourth-order valence-electron chi connectivity index (χ4n) is 3.43. The Labute approximate surface area is 149 Å². The molecule has 9 heteroatoms. The minimum absolute atomic E-state index is 0.0642. The van der Waals surface area contributed by atoms with Gasteiger partial charge in [-0.05, 0) is 37.8 Å². The monoisotopic (exact) mass is 366 g/mol. The molecule has 1 aromatic heterocycles. The molecule has 0 spiro atoms. The Hall–Kier alpha value is -2.00. The Balaban J connectivity index is 1.67. The van der Waals surface area contributed by atoms with Crippen molar-refractivity contribution in [3.05, 3.63) is 27.1 Å². The average molecular weight is 366 g/mol. The van der Waals surface area contributed by atoms with Crippen LogP contribution in [0.2, 0.25) is 0 Å². The maximum Gasteiger partial charge on any atom is 0.324 e. The lowest BCUT2D eigenvalue weighted by Gasteiger charge is -2.32. The standard InChI is InChI=1S/C16H22N4O4S/c1-10-6-7-17-9-11(10)18-15(21)12-3-2-8-19(12)16(22)13-4-5-14(25-13)20(23)24/h4-5,10-12,17H,2-3,6-9H2,1H3,(H,18,21). The van der Waals surface area contributed by atoms with Gasteiger partial charge in [0.2, 0.25) is 5.91 Å². The predicted octanol–water partition coefficient (Wildman–Crippen LogP) is 1.38. The van der Waals surface area contributed by atoms with Gasteiger partial charge >= 0.3 is 5.00 Å². The maximum absolute atomic E-state index is 12.7. The lowest BCUT2D eigenvalue weighted by atomic mass is 9.94. The van der Waals surface area contributed by atoms with Gasteiger partial charge < -0.3 is 15.5 Å². The van der Waals surface area contributed by atoms with E-state index in [-0.39, 0.29) is 22.9 Å². The summed E-state index contributed by atoms with van der Waals surface area (Å²) in [5, 5.41) is 17.1. The molecule has 8 nitrogen and oxygen atoms in total. The number of hydrogen-bond acceptors (Lipinski definition) is 6. The van der Waals surface area contributed by atoms with Crippen molar-refractivity contribution in [2.45, 2.75) is 38.3 Å². The van der Waals surface area contributed by atoms with E-state index >= 15 is 0 Å². The quantitative estimate of drug-likeness (QED) is 0.619. The van der Waals surface area contributed by atoms with E-state index in [0.717, 1.165) is 37.3 Å². The molecule has 25 heavy (non-hydrogen) atoms. The molecule has 2 amide bonds. The second-order valence-electron chi connectivity index (χ2n) is 6.64. The number of thiophene rings is 1. The number of carbonyl (C=O) groups is 2. The van der Waals surface area contributed by atoms with Gasteiger partial charge in [-0.2, -0.15) is 0 Å². The Kier molecular flexibility index (Phi) is 5.33. The van der Waals surface area contributed by atoms with Crippen molar-refractivity contribution in [1.29, 1.82) is 0 Å². The highest BCUT2D eigenvalue weighted by molar-refractivity contribution is 7.17. The van der Waals surface area contributed by atoms with E-state index in [2.05, 4.69) is 17.6 Å². The molecule has 0 radical (unpaired) electrons. The highest BCUT2D eigenvalue weighted by Gasteiger charge is 2.37. The Morgan fingerprint density at radius 2 is 2.20 bits per heavy atom. The SMILES string of the molecule is CC1CCNCC1NC(=O)C1CCCN1C(=O)c1ccc([N+](=O)[O-])s1. The number of amides is 2. The zero-order chi connectivity index (χ0) is 18.0. The molecule has 2 fully saturated rings. The zero-order valence-corrected chi connectivity index (χ0v) is 14.9. The molecule has 3 atom stereocenters. The first kappa shape index (κ1) is 17.8. The Bertz CT molecular complexity index is 677. The van der Waals surface area contributed by atoms with Crippen molar-refractivity contribution in [3.8, 4) is 0 Å². The molecule has 1 aromatic rings. The topological polar surface area (TPSA) is 105 Å². The van der Waals surface area contributed by atoms with Gasteiger partial charge in [0.1, 0.15) is 6.04 Å². The van der Waals surface area contributed by atoms with Crippen LogP contribution in [0.4, 0.5) is 5.00 Å². The summed E-state index contributed by atoms with van der Waals surface area (Å²) in [6, 6.07) is 2.37. The molecular weight excluding hydrogens is 344 g/mol. The number of nitrogens with one attached hydrogen (secondary N) is 2. The van der Waals surface area contributed by atoms with Crippen molar-refractivity contribution in [3.63, 3.8) is 0 Å². The summed E-state index contributed by atoms with van der Waals surface area (Å²) in [6.45, 7) is 4.32. The first-order chi connectivity index (χ1) is 12.0. The molecule has 2 aliphatic heterocycles. The Morgan fingerprint density at radius 1 is 1.40 bits per heavy atom. The van der Waals surface area contributed by atoms with Crippen LogP contribution in [0.3, 0.4) is 0 Å². The predicted molar refractivity (Wildman–Crippen MR) is 93.6 cm³/mol. The molecule has 2 aliphatic rings. The lowest BCUT2D eigenvalue weighted by Crippen LogP contribution is -2.55. The third-order valence-electron chi connectivity index (χ3n) is 4.95. The van der Waals surface area contributed by atoms with Gasteiger partial charge in [-0.15, -0.1) is 0 Å². The third-order valence-corrected chi connectivity index (χ3v) is 5.98. The molecule has 3 heterocycles. The van der Waals surface area contributed by atoms with Gasteiger partial charge in [0.25, 0.3) is 5.91 Å². The zero-order valence-electron chi connectivity index (χ0n) is 14.1. The van der Waals surface area contributed by atoms with Gasteiger partial charge in [-0.25, -0.2) is 0 Å². The van der Waals surface area contributed by atoms with E-state index < -0.39 is 11.0 Å². The van der Waals surface area contributed by atoms with Gasteiger partial charge in [0.15, 0.2) is 0 Å². The molecule has 0 bridgehead atoms. The van der Waals surface area contributed by atoms with Gasteiger partial charge in [0.05, 0.1) is 9.80 Å². The van der Waals surface area contributed by atoms with E-state index in [1.807, 2.05) is 0 Å². The van der Waals surface area contributed by atoms with Crippen molar-refractivity contribution >= 4 is 28.2 Å². The van der Waals surface area contributed by atoms with Crippen molar-refractivity contribution in [2.75, 3.05) is 19.6 Å². The summed E-state index contributed by atoms with van der Waals surface area (Å²) in [4.78, 5) is 37.5. The van der Waals surface area contributed by atoms with Crippen LogP contribution >= 0.6 is 11.3 Å². The molecule has 0 aliphatic carbocycles. The minimum Gasteiger partial charge on any atom is -0.350 e. The highest BCUT2D eigenvalue weighted by atomic mass is 32.1. The van der Waals surface area contributed by atoms with E-state index in [1.54, 1.807) is 4.90 Å². The second kappa shape index (κ2) is 7.49. The molecular formula is C16H22N4O4S. The summed E-state index contributed by atoms with van der Waals surface area (Å²) in [5.74, 6) is -0.0290. The smallest absolute Gasteiger partial charge is 0.324 e. The average Bonchev–Trinajstić information content (AvgIpc) is 3.26. The van der Waals surface area contributed by atoms with Crippen LogP contribution in [-0.2, 0) is 4.79 Å². The van der Waals surface area contributed by atoms with Crippen molar-refractivity contribution < 1.29 is 14.5 Å². The number of carbonyl (C=O) groups excluding carboxylic acids is 2. The van der Waals surface area contributed by atoms with Gasteiger partial charge in [0, 0.05) is 25.2 Å². The van der Waals surface area contributed by atoms with Crippen LogP contribution in [0, 0.1) is 16.0 Å². The maximum atomic E-state index is 12.7. The fraction of sp³-hybridized carbons (Fsp3) is 0.625. The van der Waals surface area contributed by atoms with E-state index in [4.69, 9.17) is 0 Å². The van der Waals surface area contributed by atoms with E-state index in [1.165, 1.54) is 12.1 Å². The minimum atomic E-state index is -0.507. The van der Waals surface area contributed by atoms with Gasteiger partial charge in [-0.3, -0.25) is 19.7 Å².